The van der Waals surface area contributed by atoms with Crippen molar-refractivity contribution in [3.05, 3.63) is 76.4 Å². The van der Waals surface area contributed by atoms with Gasteiger partial charge in [-0.1, -0.05) is 48.0 Å². The highest BCUT2D eigenvalue weighted by Gasteiger charge is 2.13. The number of halogens is 1. The molecule has 0 atom stereocenters. The fraction of sp³-hybridized carbons (Fsp3) is 0.158. The molecule has 4 heteroatoms. The van der Waals surface area contributed by atoms with Gasteiger partial charge in [-0.3, -0.25) is 0 Å². The molecule has 0 fully saturated rings. The number of aryl methyl sites for hydroxylation is 2. The van der Waals surface area contributed by atoms with E-state index >= 15 is 0 Å². The predicted molar refractivity (Wildman–Crippen MR) is 92.7 cm³/mol. The Bertz CT molecular complexity index is 802. The van der Waals surface area contributed by atoms with E-state index in [0.717, 1.165) is 33.7 Å². The molecule has 0 aliphatic carbocycles. The van der Waals surface area contributed by atoms with Gasteiger partial charge >= 0.3 is 0 Å². The largest absolute Gasteiger partial charge is 0.488 e. The van der Waals surface area contributed by atoms with Crippen molar-refractivity contribution < 1.29 is 4.74 Å². The van der Waals surface area contributed by atoms with Crippen LogP contribution in [0.15, 0.2) is 54.6 Å². The van der Waals surface area contributed by atoms with Crippen molar-refractivity contribution in [3.63, 3.8) is 0 Å². The Hall–Kier alpha value is -2.39. The number of aromatic nitrogens is 2. The summed E-state index contributed by atoms with van der Waals surface area (Å²) in [7, 11) is 0. The van der Waals surface area contributed by atoms with E-state index in [9.17, 15) is 0 Å². The molecule has 1 heterocycles. The van der Waals surface area contributed by atoms with Gasteiger partial charge < -0.3 is 4.74 Å². The van der Waals surface area contributed by atoms with Crippen LogP contribution in [-0.4, -0.2) is 10.2 Å². The molecule has 23 heavy (non-hydrogen) atoms. The van der Waals surface area contributed by atoms with Gasteiger partial charge in [-0.25, -0.2) is 0 Å². The lowest BCUT2D eigenvalue weighted by Crippen LogP contribution is -2.00. The van der Waals surface area contributed by atoms with E-state index in [1.807, 2.05) is 49.4 Å². The summed E-state index contributed by atoms with van der Waals surface area (Å²) >= 11 is 5.84. The summed E-state index contributed by atoms with van der Waals surface area (Å²) in [4.78, 5) is 0. The maximum atomic E-state index is 6.07. The van der Waals surface area contributed by atoms with E-state index in [0.29, 0.717) is 11.8 Å². The van der Waals surface area contributed by atoms with Gasteiger partial charge in [0.2, 0.25) is 0 Å². The zero-order valence-corrected chi connectivity index (χ0v) is 13.8. The predicted octanol–water partition coefficient (Wildman–Crippen LogP) is 4.99. The summed E-state index contributed by atoms with van der Waals surface area (Å²) in [6.07, 6.45) is 0. The van der Waals surface area contributed by atoms with Crippen LogP contribution in [0.4, 0.5) is 0 Å². The SMILES string of the molecule is Cc1cc(C)c(-c2ccc(Cl)nn2)c(OCc2ccccc2)c1. The van der Waals surface area contributed by atoms with Crippen molar-refractivity contribution in [3.8, 4) is 17.0 Å². The van der Waals surface area contributed by atoms with E-state index in [4.69, 9.17) is 16.3 Å². The number of rotatable bonds is 4. The topological polar surface area (TPSA) is 35.0 Å². The second-order valence-corrected chi connectivity index (χ2v) is 5.86. The van der Waals surface area contributed by atoms with Crippen LogP contribution < -0.4 is 4.74 Å². The standard InChI is InChI=1S/C19H17ClN2O/c1-13-10-14(2)19(16-8-9-18(20)22-21-16)17(11-13)23-12-15-6-4-3-5-7-15/h3-11H,12H2,1-2H3. The third-order valence-corrected chi connectivity index (χ3v) is 3.77. The van der Waals surface area contributed by atoms with E-state index < -0.39 is 0 Å². The normalized spacial score (nSPS) is 10.6. The molecule has 0 amide bonds. The minimum Gasteiger partial charge on any atom is -0.488 e. The lowest BCUT2D eigenvalue weighted by Gasteiger charge is -2.15. The molecular weight excluding hydrogens is 308 g/mol. The zero-order chi connectivity index (χ0) is 16.2. The molecule has 3 rings (SSSR count). The Morgan fingerprint density at radius 1 is 0.957 bits per heavy atom. The molecule has 0 saturated heterocycles. The summed E-state index contributed by atoms with van der Waals surface area (Å²) in [5, 5.41) is 8.51. The third kappa shape index (κ3) is 3.69. The van der Waals surface area contributed by atoms with Gasteiger partial charge in [-0.2, -0.15) is 0 Å². The summed E-state index contributed by atoms with van der Waals surface area (Å²) < 4.78 is 6.07. The van der Waals surface area contributed by atoms with Gasteiger partial charge in [0.1, 0.15) is 12.4 Å². The second kappa shape index (κ2) is 6.80. The van der Waals surface area contributed by atoms with Gasteiger partial charge in [0.15, 0.2) is 5.15 Å². The first-order chi connectivity index (χ1) is 11.1. The highest BCUT2D eigenvalue weighted by Crippen LogP contribution is 2.33. The number of ether oxygens (including phenoxy) is 1. The number of hydrogen-bond acceptors (Lipinski definition) is 3. The van der Waals surface area contributed by atoms with E-state index in [1.54, 1.807) is 6.07 Å². The number of benzene rings is 2. The molecule has 3 nitrogen and oxygen atoms in total. The van der Waals surface area contributed by atoms with Crippen molar-refractivity contribution in [2.45, 2.75) is 20.5 Å². The Morgan fingerprint density at radius 3 is 2.43 bits per heavy atom. The molecule has 0 spiro atoms. The third-order valence-electron chi connectivity index (χ3n) is 3.57. The van der Waals surface area contributed by atoms with Crippen LogP contribution in [0.5, 0.6) is 5.75 Å². The molecular formula is C19H17ClN2O. The Labute approximate surface area is 140 Å². The molecule has 2 aromatic carbocycles. The zero-order valence-electron chi connectivity index (χ0n) is 13.1. The van der Waals surface area contributed by atoms with Crippen molar-refractivity contribution in [2.75, 3.05) is 0 Å². The van der Waals surface area contributed by atoms with Crippen LogP contribution >= 0.6 is 11.6 Å². The van der Waals surface area contributed by atoms with Crippen LogP contribution in [-0.2, 0) is 6.61 Å². The fourth-order valence-corrected chi connectivity index (χ4v) is 2.66. The molecule has 1 aromatic heterocycles. The van der Waals surface area contributed by atoms with Gasteiger partial charge in [0.25, 0.3) is 0 Å². The average molecular weight is 325 g/mol. The molecule has 0 saturated carbocycles. The van der Waals surface area contributed by atoms with Crippen LogP contribution in [0.1, 0.15) is 16.7 Å². The lowest BCUT2D eigenvalue weighted by molar-refractivity contribution is 0.307. The average Bonchev–Trinajstić information content (AvgIpc) is 2.55. The first kappa shape index (κ1) is 15.5. The van der Waals surface area contributed by atoms with Gasteiger partial charge in [0, 0.05) is 5.56 Å². The van der Waals surface area contributed by atoms with Gasteiger partial charge in [-0.05, 0) is 48.7 Å². The molecule has 116 valence electrons. The maximum Gasteiger partial charge on any atom is 0.151 e. The van der Waals surface area contributed by atoms with Crippen molar-refractivity contribution in [1.82, 2.24) is 10.2 Å². The smallest absolute Gasteiger partial charge is 0.151 e. The van der Waals surface area contributed by atoms with Crippen LogP contribution in [0.3, 0.4) is 0 Å². The highest BCUT2D eigenvalue weighted by atomic mass is 35.5. The van der Waals surface area contributed by atoms with Gasteiger partial charge in [-0.15, -0.1) is 10.2 Å². The second-order valence-electron chi connectivity index (χ2n) is 5.47. The molecule has 0 aliphatic heterocycles. The quantitative estimate of drug-likeness (QED) is 0.678. The maximum absolute atomic E-state index is 6.07. The van der Waals surface area contributed by atoms with Crippen molar-refractivity contribution in [2.24, 2.45) is 0 Å². The molecule has 0 radical (unpaired) electrons. The van der Waals surface area contributed by atoms with E-state index in [-0.39, 0.29) is 0 Å². The molecule has 0 aliphatic rings. The minimum absolute atomic E-state index is 0.380. The summed E-state index contributed by atoms with van der Waals surface area (Å²) in [5.41, 5.74) is 5.09. The number of hydrogen-bond donors (Lipinski definition) is 0. The Kier molecular flexibility index (Phi) is 4.58. The van der Waals surface area contributed by atoms with E-state index in [1.165, 1.54) is 0 Å². The summed E-state index contributed by atoms with van der Waals surface area (Å²) in [6.45, 7) is 4.62. The highest BCUT2D eigenvalue weighted by molar-refractivity contribution is 6.29. The fourth-order valence-electron chi connectivity index (χ4n) is 2.56. The molecule has 0 N–H and O–H groups in total. The molecule has 0 bridgehead atoms. The Balaban J connectivity index is 1.96. The van der Waals surface area contributed by atoms with Crippen LogP contribution in [0.2, 0.25) is 5.15 Å². The van der Waals surface area contributed by atoms with Gasteiger partial charge in [0.05, 0.1) is 5.69 Å². The van der Waals surface area contributed by atoms with Crippen LogP contribution in [0.25, 0.3) is 11.3 Å². The first-order valence-corrected chi connectivity index (χ1v) is 7.79. The monoisotopic (exact) mass is 324 g/mol. The first-order valence-electron chi connectivity index (χ1n) is 7.41. The summed E-state index contributed by atoms with van der Waals surface area (Å²) in [5.74, 6) is 0.808. The molecule has 3 aromatic rings. The number of nitrogens with zero attached hydrogens (tertiary/aromatic N) is 2. The Morgan fingerprint density at radius 2 is 1.74 bits per heavy atom. The van der Waals surface area contributed by atoms with Crippen LogP contribution in [0, 0.1) is 13.8 Å². The van der Waals surface area contributed by atoms with Crippen molar-refractivity contribution >= 4 is 11.6 Å². The van der Waals surface area contributed by atoms with Crippen molar-refractivity contribution in [1.29, 1.82) is 0 Å². The van der Waals surface area contributed by atoms with E-state index in [2.05, 4.69) is 23.2 Å². The molecule has 0 unspecified atom stereocenters. The lowest BCUT2D eigenvalue weighted by atomic mass is 10.0. The minimum atomic E-state index is 0.380. The summed E-state index contributed by atoms with van der Waals surface area (Å²) in [6, 6.07) is 17.8.